The molecule has 0 aromatic carbocycles. The molecule has 3 heterocycles. The van der Waals surface area contributed by atoms with Crippen molar-refractivity contribution in [3.63, 3.8) is 0 Å². The number of aliphatic hydroxyl groups excluding tert-OH is 11. The van der Waals surface area contributed by atoms with Crippen molar-refractivity contribution < 1.29 is 89.4 Å². The van der Waals surface area contributed by atoms with Gasteiger partial charge in [-0.2, -0.15) is 0 Å². The van der Waals surface area contributed by atoms with Crippen LogP contribution in [0, 0.1) is 0 Å². The number of rotatable bonds is 40. The largest absolute Gasteiger partial charge is 0.394 e. The molecule has 3 aliphatic rings. The zero-order valence-corrected chi connectivity index (χ0v) is 45.9. The highest BCUT2D eigenvalue weighted by molar-refractivity contribution is 5.76. The highest BCUT2D eigenvalue weighted by atomic mass is 16.8. The van der Waals surface area contributed by atoms with E-state index in [1.807, 2.05) is 0 Å². The Morgan fingerprint density at radius 2 is 0.896 bits per heavy atom. The van der Waals surface area contributed by atoms with Crippen molar-refractivity contribution in [2.75, 3.05) is 26.4 Å². The number of unbranched alkanes of at least 4 members (excludes halogenated alkanes) is 12. The number of nitrogens with one attached hydrogen (secondary N) is 1. The van der Waals surface area contributed by atoms with Crippen molar-refractivity contribution >= 4 is 5.91 Å². The zero-order valence-electron chi connectivity index (χ0n) is 45.9. The molecule has 1 amide bonds. The van der Waals surface area contributed by atoms with E-state index < -0.39 is 124 Å². The van der Waals surface area contributed by atoms with Crippen LogP contribution in [-0.4, -0.2) is 193 Å². The molecular formula is C58H99NO18. The lowest BCUT2D eigenvalue weighted by Gasteiger charge is -2.48. The maximum absolute atomic E-state index is 13.3. The average molecular weight is 1100 g/mol. The minimum Gasteiger partial charge on any atom is -0.394 e. The molecule has 77 heavy (non-hydrogen) atoms. The molecule has 0 aromatic heterocycles. The third-order valence-electron chi connectivity index (χ3n) is 14.0. The first-order valence-corrected chi connectivity index (χ1v) is 28.7. The number of aliphatic hydroxyl groups is 11. The molecule has 3 saturated heterocycles. The standard InChI is InChI=1S/C58H99NO18/c1-3-5-7-9-11-12-13-14-15-16-17-18-19-20-21-22-23-24-25-26-27-28-30-32-34-36-46(64)59-41(42(63)35-33-31-29-10-8-6-4-2)40-72-56-52(70)49(67)54(44(38-61)74-56)77-58-53(71)50(68)55(45(39-62)75-58)76-57-51(69)48(66)47(65)43(37-60)73-57/h5,7,11-12,14-15,17-18,20-21,23-24,41-45,47-58,60-63,65-71H,3-4,6,8-10,13,16,19,22,25-40H2,1-2H3,(H,59,64)/b7-5-,12-11-,15-14-,18-17-,21-20-,24-23-. The Balaban J connectivity index is 1.43. The molecule has 0 saturated carbocycles. The van der Waals surface area contributed by atoms with Gasteiger partial charge in [-0.3, -0.25) is 4.79 Å². The topological polar surface area (TPSA) is 307 Å². The lowest BCUT2D eigenvalue weighted by atomic mass is 9.96. The molecule has 17 unspecified atom stereocenters. The molecule has 3 aliphatic heterocycles. The Bertz CT molecular complexity index is 1690. The van der Waals surface area contributed by atoms with Crippen LogP contribution in [0.4, 0.5) is 0 Å². The molecule has 0 aliphatic carbocycles. The monoisotopic (exact) mass is 1100 g/mol. The summed E-state index contributed by atoms with van der Waals surface area (Å²) in [5, 5.41) is 120. The van der Waals surface area contributed by atoms with Gasteiger partial charge < -0.3 is 89.9 Å². The number of carbonyl (C=O) groups excluding carboxylic acids is 1. The van der Waals surface area contributed by atoms with Crippen molar-refractivity contribution in [3.05, 3.63) is 72.9 Å². The Labute approximate surface area is 458 Å². The van der Waals surface area contributed by atoms with E-state index in [1.165, 1.54) is 6.42 Å². The Kier molecular flexibility index (Phi) is 36.7. The van der Waals surface area contributed by atoms with Crippen molar-refractivity contribution in [2.45, 2.75) is 259 Å². The maximum atomic E-state index is 13.3. The second-order valence-electron chi connectivity index (χ2n) is 20.4. The van der Waals surface area contributed by atoms with Crippen LogP contribution in [0.3, 0.4) is 0 Å². The Morgan fingerprint density at radius 1 is 0.481 bits per heavy atom. The molecule has 19 heteroatoms. The summed E-state index contributed by atoms with van der Waals surface area (Å²) in [4.78, 5) is 13.3. The van der Waals surface area contributed by atoms with E-state index in [9.17, 15) is 61.0 Å². The van der Waals surface area contributed by atoms with E-state index in [1.54, 1.807) is 0 Å². The minimum atomic E-state index is -1.97. The number of hydrogen-bond donors (Lipinski definition) is 12. The predicted octanol–water partition coefficient (Wildman–Crippen LogP) is 4.26. The third kappa shape index (κ3) is 25.7. The summed E-state index contributed by atoms with van der Waals surface area (Å²) in [5.74, 6) is -0.267. The fraction of sp³-hybridized carbons (Fsp3) is 0.776. The maximum Gasteiger partial charge on any atom is 0.220 e. The first kappa shape index (κ1) is 68.5. The van der Waals surface area contributed by atoms with Crippen molar-refractivity contribution in [1.29, 1.82) is 0 Å². The van der Waals surface area contributed by atoms with Crippen LogP contribution in [0.2, 0.25) is 0 Å². The van der Waals surface area contributed by atoms with Crippen molar-refractivity contribution in [3.8, 4) is 0 Å². The minimum absolute atomic E-state index is 0.244. The summed E-state index contributed by atoms with van der Waals surface area (Å²) >= 11 is 0. The van der Waals surface area contributed by atoms with Crippen LogP contribution < -0.4 is 5.32 Å². The van der Waals surface area contributed by atoms with Gasteiger partial charge in [0.15, 0.2) is 18.9 Å². The molecule has 444 valence electrons. The lowest BCUT2D eigenvalue weighted by Crippen LogP contribution is -2.66. The number of amides is 1. The van der Waals surface area contributed by atoms with Crippen LogP contribution in [0.25, 0.3) is 0 Å². The first-order valence-electron chi connectivity index (χ1n) is 28.7. The first-order chi connectivity index (χ1) is 37.3. The summed E-state index contributed by atoms with van der Waals surface area (Å²) < 4.78 is 34.1. The second-order valence-corrected chi connectivity index (χ2v) is 20.4. The number of allylic oxidation sites excluding steroid dienone is 12. The molecule has 3 fully saturated rings. The van der Waals surface area contributed by atoms with Gasteiger partial charge in [-0.25, -0.2) is 0 Å². The van der Waals surface area contributed by atoms with Gasteiger partial charge in [-0.15, -0.1) is 0 Å². The fourth-order valence-corrected chi connectivity index (χ4v) is 9.31. The highest BCUT2D eigenvalue weighted by Gasteiger charge is 2.53. The van der Waals surface area contributed by atoms with E-state index in [-0.39, 0.29) is 18.9 Å². The molecule has 3 rings (SSSR count). The van der Waals surface area contributed by atoms with Crippen LogP contribution in [-0.2, 0) is 33.2 Å². The van der Waals surface area contributed by atoms with Gasteiger partial charge in [0.25, 0.3) is 0 Å². The molecule has 12 N–H and O–H groups in total. The number of ether oxygens (including phenoxy) is 6. The van der Waals surface area contributed by atoms with E-state index >= 15 is 0 Å². The molecule has 19 nitrogen and oxygen atoms in total. The van der Waals surface area contributed by atoms with Gasteiger partial charge in [0.2, 0.25) is 5.91 Å². The van der Waals surface area contributed by atoms with Gasteiger partial charge >= 0.3 is 0 Å². The van der Waals surface area contributed by atoms with Crippen LogP contribution in [0.15, 0.2) is 72.9 Å². The number of carbonyl (C=O) groups is 1. The van der Waals surface area contributed by atoms with E-state index in [2.05, 4.69) is 92.1 Å². The predicted molar refractivity (Wildman–Crippen MR) is 291 cm³/mol. The quantitative estimate of drug-likeness (QED) is 0.0301. The smallest absolute Gasteiger partial charge is 0.220 e. The fourth-order valence-electron chi connectivity index (χ4n) is 9.31. The molecule has 17 atom stereocenters. The van der Waals surface area contributed by atoms with Gasteiger partial charge in [-0.05, 0) is 64.2 Å². The van der Waals surface area contributed by atoms with Crippen LogP contribution in [0.5, 0.6) is 0 Å². The summed E-state index contributed by atoms with van der Waals surface area (Å²) in [6.45, 7) is 1.57. The SMILES string of the molecule is CC/C=C\C/C=C\C/C=C\C/C=C\C/C=C\C/C=C\CCCCCCCCC(=O)NC(COC1OC(CO)C(OC2OC(CO)C(OC3OC(CO)C(O)C(O)C3O)C(O)C2O)C(O)C1O)C(O)CCCCCCCCC. The molecule has 0 spiro atoms. The normalized spacial score (nSPS) is 31.3. The number of hydrogen-bond acceptors (Lipinski definition) is 18. The van der Waals surface area contributed by atoms with E-state index in [4.69, 9.17) is 28.4 Å². The highest BCUT2D eigenvalue weighted by Crippen LogP contribution is 2.33. The van der Waals surface area contributed by atoms with Crippen molar-refractivity contribution in [1.82, 2.24) is 5.32 Å². The lowest BCUT2D eigenvalue weighted by molar-refractivity contribution is -0.379. The Morgan fingerprint density at radius 3 is 1.40 bits per heavy atom. The third-order valence-corrected chi connectivity index (χ3v) is 14.0. The van der Waals surface area contributed by atoms with Gasteiger partial charge in [0, 0.05) is 6.42 Å². The molecule has 0 radical (unpaired) electrons. The van der Waals surface area contributed by atoms with E-state index in [0.29, 0.717) is 19.3 Å². The summed E-state index contributed by atoms with van der Waals surface area (Å²) in [7, 11) is 0. The molecule has 0 bridgehead atoms. The summed E-state index contributed by atoms with van der Waals surface area (Å²) in [5.41, 5.74) is 0. The second kappa shape index (κ2) is 41.3. The summed E-state index contributed by atoms with van der Waals surface area (Å²) in [6, 6.07) is -0.896. The van der Waals surface area contributed by atoms with E-state index in [0.717, 1.165) is 109 Å². The molecular weight excluding hydrogens is 999 g/mol. The molecule has 0 aromatic rings. The Hall–Kier alpha value is -2.77. The van der Waals surface area contributed by atoms with Gasteiger partial charge in [0.1, 0.15) is 73.2 Å². The van der Waals surface area contributed by atoms with Crippen molar-refractivity contribution in [2.24, 2.45) is 0 Å². The van der Waals surface area contributed by atoms with Gasteiger partial charge in [-0.1, -0.05) is 157 Å². The summed E-state index contributed by atoms with van der Waals surface area (Å²) in [6.07, 6.45) is 20.3. The van der Waals surface area contributed by atoms with Gasteiger partial charge in [0.05, 0.1) is 38.6 Å². The van der Waals surface area contributed by atoms with Crippen LogP contribution >= 0.6 is 0 Å². The zero-order chi connectivity index (χ0) is 56.2. The van der Waals surface area contributed by atoms with Crippen LogP contribution in [0.1, 0.15) is 155 Å². The average Bonchev–Trinajstić information content (AvgIpc) is 3.43.